The number of benzene rings is 1. The number of hydrogen-bond donors (Lipinski definition) is 0. The van der Waals surface area contributed by atoms with Gasteiger partial charge in [-0.2, -0.15) is 0 Å². The van der Waals surface area contributed by atoms with Crippen LogP contribution >= 0.6 is 0 Å². The third-order valence-electron chi connectivity index (χ3n) is 1.79. The third-order valence-corrected chi connectivity index (χ3v) is 1.79. The first-order chi connectivity index (χ1) is 6.36. The van der Waals surface area contributed by atoms with Gasteiger partial charge in [-0.25, -0.2) is 0 Å². The molecule has 2 nitrogen and oxygen atoms in total. The van der Waals surface area contributed by atoms with Crippen LogP contribution in [0.1, 0.15) is 5.69 Å². The molecular weight excluding hydrogens is 160 g/mol. The molecule has 0 unspecified atom stereocenters. The molecule has 0 saturated carbocycles. The summed E-state index contributed by atoms with van der Waals surface area (Å²) in [4.78, 5) is 8.45. The van der Waals surface area contributed by atoms with Crippen molar-refractivity contribution in [1.82, 2.24) is 9.97 Å². The molecule has 0 saturated heterocycles. The smallest absolute Gasteiger partial charge is 0.0885 e. The van der Waals surface area contributed by atoms with Gasteiger partial charge in [0.25, 0.3) is 0 Å². The highest BCUT2D eigenvalue weighted by Crippen LogP contribution is 2.13. The Morgan fingerprint density at radius 1 is 1.08 bits per heavy atom. The molecule has 2 aromatic rings. The van der Waals surface area contributed by atoms with Crippen LogP contribution in [0.4, 0.5) is 0 Å². The van der Waals surface area contributed by atoms with E-state index >= 15 is 0 Å². The topological polar surface area (TPSA) is 25.8 Å². The van der Waals surface area contributed by atoms with Crippen LogP contribution < -0.4 is 0 Å². The molecule has 0 N–H and O–H groups in total. The van der Waals surface area contributed by atoms with E-state index in [1.54, 1.807) is 12.4 Å². The Kier molecular flexibility index (Phi) is 2.04. The van der Waals surface area contributed by atoms with Gasteiger partial charge in [-0.1, -0.05) is 24.3 Å². The second-order valence-electron chi connectivity index (χ2n) is 2.83. The second kappa shape index (κ2) is 3.35. The van der Waals surface area contributed by atoms with Crippen LogP contribution in [-0.2, 0) is 0 Å². The van der Waals surface area contributed by atoms with E-state index in [2.05, 4.69) is 16.0 Å². The molecule has 0 aliphatic heterocycles. The predicted octanol–water partition coefficient (Wildman–Crippen LogP) is 2.25. The standard InChI is InChI=1S/C11H9N2/c1-9-7-13-11(8-12-9)10-5-3-2-4-6-10/h3-8H,1H3. The molecule has 0 fully saturated rings. The molecule has 0 aliphatic carbocycles. The number of aryl methyl sites for hydroxylation is 1. The van der Waals surface area contributed by atoms with Gasteiger partial charge in [0.1, 0.15) is 0 Å². The van der Waals surface area contributed by atoms with E-state index in [1.165, 1.54) is 0 Å². The summed E-state index contributed by atoms with van der Waals surface area (Å²) in [7, 11) is 0. The molecule has 0 amide bonds. The fraction of sp³-hybridized carbons (Fsp3) is 0.0909. The largest absolute Gasteiger partial charge is 0.258 e. The zero-order chi connectivity index (χ0) is 9.10. The summed E-state index contributed by atoms with van der Waals surface area (Å²) < 4.78 is 0. The van der Waals surface area contributed by atoms with E-state index in [-0.39, 0.29) is 0 Å². The van der Waals surface area contributed by atoms with Crippen LogP contribution in [0.2, 0.25) is 0 Å². The minimum Gasteiger partial charge on any atom is -0.258 e. The van der Waals surface area contributed by atoms with Crippen molar-refractivity contribution in [2.45, 2.75) is 6.92 Å². The lowest BCUT2D eigenvalue weighted by Gasteiger charge is -1.98. The summed E-state index contributed by atoms with van der Waals surface area (Å²) in [6.07, 6.45) is 3.55. The highest BCUT2D eigenvalue weighted by Gasteiger charge is 1.96. The van der Waals surface area contributed by atoms with Crippen molar-refractivity contribution in [2.75, 3.05) is 0 Å². The van der Waals surface area contributed by atoms with Crippen LogP contribution in [0.3, 0.4) is 0 Å². The van der Waals surface area contributed by atoms with E-state index in [9.17, 15) is 0 Å². The first-order valence-electron chi connectivity index (χ1n) is 4.11. The Hall–Kier alpha value is -1.70. The van der Waals surface area contributed by atoms with E-state index in [4.69, 9.17) is 0 Å². The van der Waals surface area contributed by atoms with E-state index in [0.29, 0.717) is 0 Å². The fourth-order valence-electron chi connectivity index (χ4n) is 1.10. The van der Waals surface area contributed by atoms with Crippen molar-refractivity contribution >= 4 is 0 Å². The molecule has 1 radical (unpaired) electrons. The van der Waals surface area contributed by atoms with Crippen LogP contribution in [0.15, 0.2) is 36.7 Å². The van der Waals surface area contributed by atoms with E-state index in [1.807, 2.05) is 31.2 Å². The van der Waals surface area contributed by atoms with Gasteiger partial charge in [0, 0.05) is 11.8 Å². The normalized spacial score (nSPS) is 9.92. The Morgan fingerprint density at radius 2 is 1.85 bits per heavy atom. The Bertz CT molecular complexity index is 379. The van der Waals surface area contributed by atoms with Gasteiger partial charge >= 0.3 is 0 Å². The number of rotatable bonds is 1. The van der Waals surface area contributed by atoms with Gasteiger partial charge in [-0.3, -0.25) is 9.97 Å². The fourth-order valence-corrected chi connectivity index (χ4v) is 1.10. The average molecular weight is 169 g/mol. The predicted molar refractivity (Wildman–Crippen MR) is 51.0 cm³/mol. The lowest BCUT2D eigenvalue weighted by atomic mass is 10.2. The molecule has 0 atom stereocenters. The Balaban J connectivity index is 2.42. The van der Waals surface area contributed by atoms with Crippen molar-refractivity contribution < 1.29 is 0 Å². The molecular formula is C11H9N2. The average Bonchev–Trinajstić information content (AvgIpc) is 2.20. The summed E-state index contributed by atoms with van der Waals surface area (Å²) >= 11 is 0. The molecule has 1 aromatic heterocycles. The van der Waals surface area contributed by atoms with Gasteiger partial charge in [0.15, 0.2) is 0 Å². The maximum Gasteiger partial charge on any atom is 0.0885 e. The summed E-state index contributed by atoms with van der Waals surface area (Å²) in [6.45, 7) is 1.93. The van der Waals surface area contributed by atoms with Crippen LogP contribution in [0.25, 0.3) is 11.3 Å². The van der Waals surface area contributed by atoms with E-state index in [0.717, 1.165) is 17.0 Å². The van der Waals surface area contributed by atoms with Gasteiger partial charge in [0.05, 0.1) is 17.6 Å². The Labute approximate surface area is 77.3 Å². The zero-order valence-electron chi connectivity index (χ0n) is 7.36. The number of hydrogen-bond acceptors (Lipinski definition) is 2. The molecule has 0 spiro atoms. The number of nitrogens with zero attached hydrogens (tertiary/aromatic N) is 2. The summed E-state index contributed by atoms with van der Waals surface area (Å²) in [5.74, 6) is 0. The van der Waals surface area contributed by atoms with Gasteiger partial charge in [-0.15, -0.1) is 0 Å². The van der Waals surface area contributed by atoms with Crippen LogP contribution in [-0.4, -0.2) is 9.97 Å². The van der Waals surface area contributed by atoms with Crippen molar-refractivity contribution in [2.24, 2.45) is 0 Å². The molecule has 2 rings (SSSR count). The van der Waals surface area contributed by atoms with Crippen molar-refractivity contribution in [3.63, 3.8) is 0 Å². The zero-order valence-corrected chi connectivity index (χ0v) is 7.36. The third kappa shape index (κ3) is 1.72. The maximum absolute atomic E-state index is 4.27. The van der Waals surface area contributed by atoms with Gasteiger partial charge in [0.2, 0.25) is 0 Å². The first kappa shape index (κ1) is 7.92. The monoisotopic (exact) mass is 169 g/mol. The highest BCUT2D eigenvalue weighted by molar-refractivity contribution is 5.57. The van der Waals surface area contributed by atoms with E-state index < -0.39 is 0 Å². The molecule has 0 aliphatic rings. The first-order valence-corrected chi connectivity index (χ1v) is 4.11. The molecule has 2 heteroatoms. The van der Waals surface area contributed by atoms with Gasteiger partial charge < -0.3 is 0 Å². The Morgan fingerprint density at radius 3 is 2.46 bits per heavy atom. The molecule has 13 heavy (non-hydrogen) atoms. The van der Waals surface area contributed by atoms with Crippen molar-refractivity contribution in [3.05, 3.63) is 48.4 Å². The van der Waals surface area contributed by atoms with Crippen LogP contribution in [0, 0.1) is 13.0 Å². The van der Waals surface area contributed by atoms with Crippen molar-refractivity contribution in [3.8, 4) is 11.3 Å². The quantitative estimate of drug-likeness (QED) is 0.654. The molecule has 1 heterocycles. The second-order valence-corrected chi connectivity index (χ2v) is 2.83. The maximum atomic E-state index is 4.27. The molecule has 0 bridgehead atoms. The number of aromatic nitrogens is 2. The summed E-state index contributed by atoms with van der Waals surface area (Å²) in [5, 5.41) is 0. The summed E-state index contributed by atoms with van der Waals surface area (Å²) in [5.41, 5.74) is 2.91. The minimum absolute atomic E-state index is 0.902. The van der Waals surface area contributed by atoms with Crippen molar-refractivity contribution in [1.29, 1.82) is 0 Å². The van der Waals surface area contributed by atoms with Crippen LogP contribution in [0.5, 0.6) is 0 Å². The minimum atomic E-state index is 0.902. The summed E-state index contributed by atoms with van der Waals surface area (Å²) in [6, 6.07) is 10.7. The SMILES string of the molecule is Cc1cnc(-c2cc[c]cc2)cn1. The highest BCUT2D eigenvalue weighted by atomic mass is 14.8. The lowest BCUT2D eigenvalue weighted by Crippen LogP contribution is -1.86. The lowest BCUT2D eigenvalue weighted by molar-refractivity contribution is 1.12. The molecule has 63 valence electrons. The van der Waals surface area contributed by atoms with Gasteiger partial charge in [-0.05, 0) is 13.0 Å². The molecule has 1 aromatic carbocycles.